The lowest BCUT2D eigenvalue weighted by molar-refractivity contribution is -0.138. The summed E-state index contributed by atoms with van der Waals surface area (Å²) in [5.41, 5.74) is 5.96. The van der Waals surface area contributed by atoms with E-state index in [-0.39, 0.29) is 12.4 Å². The third kappa shape index (κ3) is 6.29. The molecule has 0 spiro atoms. The molecule has 0 aromatic heterocycles. The summed E-state index contributed by atoms with van der Waals surface area (Å²) < 4.78 is 0. The topological polar surface area (TPSA) is 63.3 Å². The fourth-order valence-electron chi connectivity index (χ4n) is 1.33. The summed E-state index contributed by atoms with van der Waals surface area (Å²) in [6, 6.07) is 7.82. The molecule has 1 saturated carbocycles. The van der Waals surface area contributed by atoms with E-state index < -0.39 is 12.0 Å². The Morgan fingerprint density at radius 3 is 2.24 bits per heavy atom. The van der Waals surface area contributed by atoms with Crippen LogP contribution >= 0.6 is 12.4 Å². The van der Waals surface area contributed by atoms with Crippen LogP contribution in [0.15, 0.2) is 30.3 Å². The number of carboxylic acid groups (broad SMARTS) is 1. The average Bonchev–Trinajstić information content (AvgIpc) is 3.13. The Balaban J connectivity index is 0.000000360. The zero-order valence-corrected chi connectivity index (χ0v) is 10.8. The first-order valence-electron chi connectivity index (χ1n) is 5.68. The van der Waals surface area contributed by atoms with Crippen molar-refractivity contribution in [1.82, 2.24) is 0 Å². The average molecular weight is 258 g/mol. The Labute approximate surface area is 108 Å². The highest BCUT2D eigenvalue weighted by Gasteiger charge is 2.17. The second-order valence-corrected chi connectivity index (χ2v) is 4.08. The lowest BCUT2D eigenvalue weighted by atomic mass is 10.1. The number of carbonyl (C=O) groups is 1. The van der Waals surface area contributed by atoms with E-state index in [4.69, 9.17) is 10.8 Å². The van der Waals surface area contributed by atoms with E-state index in [1.807, 2.05) is 6.07 Å². The number of rotatable bonds is 3. The van der Waals surface area contributed by atoms with Crippen molar-refractivity contribution in [3.05, 3.63) is 35.9 Å². The zero-order chi connectivity index (χ0) is 12.0. The lowest BCUT2D eigenvalue weighted by Gasteiger charge is -2.04. The second kappa shape index (κ2) is 8.09. The Morgan fingerprint density at radius 2 is 1.94 bits per heavy atom. The van der Waals surface area contributed by atoms with Crippen LogP contribution in [0.3, 0.4) is 0 Å². The van der Waals surface area contributed by atoms with E-state index in [0.29, 0.717) is 5.56 Å². The molecule has 0 radical (unpaired) electrons. The van der Waals surface area contributed by atoms with Gasteiger partial charge in [0.05, 0.1) is 0 Å². The summed E-state index contributed by atoms with van der Waals surface area (Å²) in [6.07, 6.45) is 4.44. The van der Waals surface area contributed by atoms with Crippen LogP contribution in [0.25, 0.3) is 0 Å². The van der Waals surface area contributed by atoms with Crippen LogP contribution < -0.4 is 5.73 Å². The monoisotopic (exact) mass is 257 g/mol. The second-order valence-electron chi connectivity index (χ2n) is 4.08. The molecule has 3 N–H and O–H groups in total. The van der Waals surface area contributed by atoms with E-state index in [9.17, 15) is 4.79 Å². The minimum Gasteiger partial charge on any atom is -0.480 e. The first-order chi connectivity index (χ1) is 7.65. The first-order valence-corrected chi connectivity index (χ1v) is 5.68. The molecule has 0 aliphatic heterocycles. The van der Waals surface area contributed by atoms with Crippen molar-refractivity contribution in [3.63, 3.8) is 0 Å². The molecule has 2 rings (SSSR count). The van der Waals surface area contributed by atoms with Crippen LogP contribution in [0, 0.1) is 5.92 Å². The molecule has 0 heterocycles. The van der Waals surface area contributed by atoms with Gasteiger partial charge in [0.15, 0.2) is 0 Å². The van der Waals surface area contributed by atoms with E-state index in [1.165, 1.54) is 19.3 Å². The molecule has 1 atom stereocenters. The highest BCUT2D eigenvalue weighted by atomic mass is 35.5. The molecule has 0 amide bonds. The Kier molecular flexibility index (Phi) is 7.59. The summed E-state index contributed by atoms with van der Waals surface area (Å²) in [4.78, 5) is 10.4. The maximum Gasteiger partial charge on any atom is 0.325 e. The van der Waals surface area contributed by atoms with E-state index in [1.54, 1.807) is 24.3 Å². The summed E-state index contributed by atoms with van der Waals surface area (Å²) in [7, 11) is 0. The fraction of sp³-hybridized carbons (Fsp3) is 0.462. The quantitative estimate of drug-likeness (QED) is 0.875. The van der Waals surface area contributed by atoms with Gasteiger partial charge in [-0.15, -0.1) is 12.4 Å². The molecule has 1 aromatic carbocycles. The van der Waals surface area contributed by atoms with E-state index in [2.05, 4.69) is 6.92 Å². The third-order valence-corrected chi connectivity index (χ3v) is 2.70. The number of hydrogen-bond donors (Lipinski definition) is 2. The number of benzene rings is 1. The number of halogens is 1. The van der Waals surface area contributed by atoms with Crippen molar-refractivity contribution in [2.45, 2.75) is 32.2 Å². The van der Waals surface area contributed by atoms with Crippen LogP contribution in [0.4, 0.5) is 0 Å². The molecule has 1 fully saturated rings. The van der Waals surface area contributed by atoms with Gasteiger partial charge in [0.1, 0.15) is 6.04 Å². The van der Waals surface area contributed by atoms with Gasteiger partial charge in [-0.3, -0.25) is 4.79 Å². The Morgan fingerprint density at radius 1 is 1.41 bits per heavy atom. The Hall–Kier alpha value is -1.06. The highest BCUT2D eigenvalue weighted by Crippen LogP contribution is 2.31. The van der Waals surface area contributed by atoms with Gasteiger partial charge in [0.2, 0.25) is 0 Å². The standard InChI is InChI=1S/C8H9NO2.C5H10.ClH/c9-7(8(10)11)6-4-2-1-3-5-6;1-2-5-3-4-5;/h1-5,7H,9H2,(H,10,11);5H,2-4H2,1H3;1H. The summed E-state index contributed by atoms with van der Waals surface area (Å²) in [5, 5.41) is 8.51. The number of aliphatic carboxylic acids is 1. The number of hydrogen-bond acceptors (Lipinski definition) is 2. The zero-order valence-electron chi connectivity index (χ0n) is 10.0. The minimum absolute atomic E-state index is 0. The molecule has 0 bridgehead atoms. The molecule has 1 aliphatic carbocycles. The Bertz CT molecular complexity index is 325. The van der Waals surface area contributed by atoms with Crippen molar-refractivity contribution < 1.29 is 9.90 Å². The number of nitrogens with two attached hydrogens (primary N) is 1. The van der Waals surface area contributed by atoms with E-state index in [0.717, 1.165) is 5.92 Å². The van der Waals surface area contributed by atoms with Crippen LogP contribution in [-0.4, -0.2) is 11.1 Å². The van der Waals surface area contributed by atoms with Crippen molar-refractivity contribution in [2.75, 3.05) is 0 Å². The predicted octanol–water partition coefficient (Wildman–Crippen LogP) is 3.00. The molecular formula is C13H20ClNO2. The van der Waals surface area contributed by atoms with Crippen LogP contribution in [0.1, 0.15) is 37.8 Å². The minimum atomic E-state index is -1.00. The van der Waals surface area contributed by atoms with Crippen molar-refractivity contribution >= 4 is 18.4 Å². The lowest BCUT2D eigenvalue weighted by Crippen LogP contribution is -2.20. The van der Waals surface area contributed by atoms with Crippen LogP contribution in [0.5, 0.6) is 0 Å². The van der Waals surface area contributed by atoms with Gasteiger partial charge in [-0.05, 0) is 11.5 Å². The SMILES string of the molecule is CCC1CC1.Cl.NC(C(=O)O)c1ccccc1. The summed E-state index contributed by atoms with van der Waals surface area (Å²) in [6.45, 7) is 2.26. The van der Waals surface area contributed by atoms with Gasteiger partial charge in [0, 0.05) is 0 Å². The van der Waals surface area contributed by atoms with Gasteiger partial charge >= 0.3 is 5.97 Å². The molecule has 17 heavy (non-hydrogen) atoms. The van der Waals surface area contributed by atoms with Gasteiger partial charge in [-0.25, -0.2) is 0 Å². The van der Waals surface area contributed by atoms with Gasteiger partial charge < -0.3 is 10.8 Å². The smallest absolute Gasteiger partial charge is 0.325 e. The molecule has 0 saturated heterocycles. The van der Waals surface area contributed by atoms with Crippen molar-refractivity contribution in [1.29, 1.82) is 0 Å². The molecular weight excluding hydrogens is 238 g/mol. The molecule has 1 unspecified atom stereocenters. The maximum absolute atomic E-state index is 10.4. The first kappa shape index (κ1) is 15.9. The van der Waals surface area contributed by atoms with Gasteiger partial charge in [-0.1, -0.05) is 56.5 Å². The number of carboxylic acids is 1. The van der Waals surface area contributed by atoms with Crippen molar-refractivity contribution in [2.24, 2.45) is 11.7 Å². The maximum atomic E-state index is 10.4. The van der Waals surface area contributed by atoms with Crippen LogP contribution in [0.2, 0.25) is 0 Å². The normalized spacial score (nSPS) is 14.9. The molecule has 4 heteroatoms. The molecule has 1 aliphatic rings. The van der Waals surface area contributed by atoms with Crippen LogP contribution in [-0.2, 0) is 4.79 Å². The largest absolute Gasteiger partial charge is 0.480 e. The van der Waals surface area contributed by atoms with Crippen molar-refractivity contribution in [3.8, 4) is 0 Å². The third-order valence-electron chi connectivity index (χ3n) is 2.70. The molecule has 3 nitrogen and oxygen atoms in total. The fourth-order valence-corrected chi connectivity index (χ4v) is 1.33. The predicted molar refractivity (Wildman–Crippen MR) is 71.3 cm³/mol. The summed E-state index contributed by atoms with van der Waals surface area (Å²) in [5.74, 6) is 0.131. The molecule has 1 aromatic rings. The highest BCUT2D eigenvalue weighted by molar-refractivity contribution is 5.85. The summed E-state index contributed by atoms with van der Waals surface area (Å²) >= 11 is 0. The van der Waals surface area contributed by atoms with Gasteiger partial charge in [0.25, 0.3) is 0 Å². The van der Waals surface area contributed by atoms with Gasteiger partial charge in [-0.2, -0.15) is 0 Å². The molecule has 96 valence electrons. The van der Waals surface area contributed by atoms with E-state index >= 15 is 0 Å².